The van der Waals surface area contributed by atoms with E-state index in [0.717, 1.165) is 22.2 Å². The molecule has 0 bridgehead atoms. The summed E-state index contributed by atoms with van der Waals surface area (Å²) >= 11 is 0. The molecule has 0 saturated heterocycles. The third kappa shape index (κ3) is 4.72. The lowest BCUT2D eigenvalue weighted by atomic mass is 10.1. The monoisotopic (exact) mass is 376 g/mol. The Labute approximate surface area is 164 Å². The van der Waals surface area contributed by atoms with Gasteiger partial charge in [-0.15, -0.1) is 0 Å². The first-order valence-electron chi connectivity index (χ1n) is 9.06. The summed E-state index contributed by atoms with van der Waals surface area (Å²) in [6, 6.07) is 14.6. The highest BCUT2D eigenvalue weighted by molar-refractivity contribution is 6.06. The number of amides is 2. The summed E-state index contributed by atoms with van der Waals surface area (Å²) in [5.74, 6) is -0.334. The SMILES string of the molecule is Cc1cc(C)c2ccc(C(=O)Nc3cccc(NC(=O)CN(C)C)c3)cc2n1. The molecule has 0 aliphatic carbocycles. The number of hydrogen-bond donors (Lipinski definition) is 2. The van der Waals surface area contributed by atoms with Crippen molar-refractivity contribution in [3.05, 3.63) is 65.4 Å². The van der Waals surface area contributed by atoms with Gasteiger partial charge in [0.05, 0.1) is 12.1 Å². The second-order valence-electron chi connectivity index (χ2n) is 7.13. The zero-order valence-electron chi connectivity index (χ0n) is 16.5. The number of anilines is 2. The van der Waals surface area contributed by atoms with Gasteiger partial charge in [0.1, 0.15) is 0 Å². The highest BCUT2D eigenvalue weighted by atomic mass is 16.2. The van der Waals surface area contributed by atoms with Crippen molar-refractivity contribution in [2.24, 2.45) is 0 Å². The maximum atomic E-state index is 12.7. The van der Waals surface area contributed by atoms with Gasteiger partial charge >= 0.3 is 0 Å². The van der Waals surface area contributed by atoms with Crippen molar-refractivity contribution in [3.63, 3.8) is 0 Å². The van der Waals surface area contributed by atoms with E-state index in [1.165, 1.54) is 0 Å². The number of nitrogens with zero attached hydrogens (tertiary/aromatic N) is 2. The number of nitrogens with one attached hydrogen (secondary N) is 2. The van der Waals surface area contributed by atoms with Gasteiger partial charge in [-0.25, -0.2) is 0 Å². The quantitative estimate of drug-likeness (QED) is 0.713. The van der Waals surface area contributed by atoms with Gasteiger partial charge in [-0.3, -0.25) is 14.6 Å². The van der Waals surface area contributed by atoms with Crippen LogP contribution in [0.4, 0.5) is 11.4 Å². The van der Waals surface area contributed by atoms with Crippen molar-refractivity contribution in [2.75, 3.05) is 31.3 Å². The van der Waals surface area contributed by atoms with E-state index in [1.54, 1.807) is 41.3 Å². The van der Waals surface area contributed by atoms with Crippen LogP contribution in [0.25, 0.3) is 10.9 Å². The first-order chi connectivity index (χ1) is 13.3. The Bertz CT molecular complexity index is 1040. The van der Waals surface area contributed by atoms with Gasteiger partial charge < -0.3 is 15.5 Å². The molecule has 144 valence electrons. The lowest BCUT2D eigenvalue weighted by Crippen LogP contribution is -2.27. The molecule has 3 rings (SSSR count). The van der Waals surface area contributed by atoms with E-state index in [4.69, 9.17) is 0 Å². The van der Waals surface area contributed by atoms with Crippen molar-refractivity contribution < 1.29 is 9.59 Å². The van der Waals surface area contributed by atoms with Gasteiger partial charge in [0, 0.05) is 28.0 Å². The van der Waals surface area contributed by atoms with Crippen LogP contribution in [0.15, 0.2) is 48.5 Å². The van der Waals surface area contributed by atoms with E-state index >= 15 is 0 Å². The lowest BCUT2D eigenvalue weighted by Gasteiger charge is -2.12. The summed E-state index contributed by atoms with van der Waals surface area (Å²) < 4.78 is 0. The highest BCUT2D eigenvalue weighted by Gasteiger charge is 2.10. The van der Waals surface area contributed by atoms with Crippen LogP contribution in [0.1, 0.15) is 21.6 Å². The molecule has 28 heavy (non-hydrogen) atoms. The van der Waals surface area contributed by atoms with Crippen LogP contribution in [0.2, 0.25) is 0 Å². The molecule has 0 fully saturated rings. The van der Waals surface area contributed by atoms with Crippen LogP contribution >= 0.6 is 0 Å². The Morgan fingerprint density at radius 2 is 1.68 bits per heavy atom. The zero-order valence-corrected chi connectivity index (χ0v) is 16.5. The summed E-state index contributed by atoms with van der Waals surface area (Å²) in [4.78, 5) is 30.9. The number of benzene rings is 2. The lowest BCUT2D eigenvalue weighted by molar-refractivity contribution is -0.116. The van der Waals surface area contributed by atoms with Crippen molar-refractivity contribution in [1.82, 2.24) is 9.88 Å². The van der Waals surface area contributed by atoms with Gasteiger partial charge in [-0.2, -0.15) is 0 Å². The van der Waals surface area contributed by atoms with Gasteiger partial charge in [-0.1, -0.05) is 12.1 Å². The summed E-state index contributed by atoms with van der Waals surface area (Å²) in [7, 11) is 3.66. The number of aromatic nitrogens is 1. The first kappa shape index (κ1) is 19.5. The average molecular weight is 376 g/mol. The number of aryl methyl sites for hydroxylation is 2. The molecule has 0 saturated carbocycles. The number of rotatable bonds is 5. The molecule has 0 unspecified atom stereocenters. The maximum Gasteiger partial charge on any atom is 0.255 e. The van der Waals surface area contributed by atoms with Crippen LogP contribution in [0.5, 0.6) is 0 Å². The van der Waals surface area contributed by atoms with E-state index < -0.39 is 0 Å². The molecule has 1 heterocycles. The maximum absolute atomic E-state index is 12.7. The minimum Gasteiger partial charge on any atom is -0.325 e. The zero-order chi connectivity index (χ0) is 20.3. The summed E-state index contributed by atoms with van der Waals surface area (Å²) in [6.07, 6.45) is 0. The molecule has 0 radical (unpaired) electrons. The minimum absolute atomic E-state index is 0.111. The minimum atomic E-state index is -0.223. The fourth-order valence-corrected chi connectivity index (χ4v) is 3.08. The second kappa shape index (κ2) is 8.19. The predicted octanol–water partition coefficient (Wildman–Crippen LogP) is 3.60. The second-order valence-corrected chi connectivity index (χ2v) is 7.13. The molecule has 6 nitrogen and oxygen atoms in total. The van der Waals surface area contributed by atoms with Crippen LogP contribution in [-0.2, 0) is 4.79 Å². The molecule has 0 aliphatic heterocycles. The van der Waals surface area contributed by atoms with Gasteiger partial charge in [0.2, 0.25) is 5.91 Å². The largest absolute Gasteiger partial charge is 0.325 e. The van der Waals surface area contributed by atoms with Crippen LogP contribution in [0, 0.1) is 13.8 Å². The van der Waals surface area contributed by atoms with Crippen molar-refractivity contribution >= 4 is 34.1 Å². The number of hydrogen-bond acceptors (Lipinski definition) is 4. The predicted molar refractivity (Wildman–Crippen MR) is 113 cm³/mol. The smallest absolute Gasteiger partial charge is 0.255 e. The molecule has 2 N–H and O–H groups in total. The molecular weight excluding hydrogens is 352 g/mol. The molecule has 0 spiro atoms. The van der Waals surface area contributed by atoms with Crippen LogP contribution < -0.4 is 10.6 Å². The van der Waals surface area contributed by atoms with E-state index in [2.05, 4.69) is 15.6 Å². The number of carbonyl (C=O) groups is 2. The Hall–Kier alpha value is -3.25. The Balaban J connectivity index is 1.77. The Morgan fingerprint density at radius 1 is 0.964 bits per heavy atom. The normalized spacial score (nSPS) is 10.9. The third-order valence-corrected chi connectivity index (χ3v) is 4.27. The molecule has 0 aliphatic rings. The van der Waals surface area contributed by atoms with Gasteiger partial charge in [-0.05, 0) is 69.9 Å². The van der Waals surface area contributed by atoms with Crippen LogP contribution in [0.3, 0.4) is 0 Å². The van der Waals surface area contributed by atoms with Crippen molar-refractivity contribution in [1.29, 1.82) is 0 Å². The number of pyridine rings is 1. The molecule has 1 aromatic heterocycles. The average Bonchev–Trinajstić information content (AvgIpc) is 2.60. The molecule has 2 aromatic carbocycles. The van der Waals surface area contributed by atoms with Gasteiger partial charge in [0.15, 0.2) is 0 Å². The molecule has 2 amide bonds. The molecule has 3 aromatic rings. The number of likely N-dealkylation sites (N-methyl/N-ethyl adjacent to an activating group) is 1. The van der Waals surface area contributed by atoms with Crippen molar-refractivity contribution in [2.45, 2.75) is 13.8 Å². The molecular formula is C22H24N4O2. The molecule has 0 atom stereocenters. The summed E-state index contributed by atoms with van der Waals surface area (Å²) in [5, 5.41) is 6.73. The van der Waals surface area contributed by atoms with E-state index in [1.807, 2.05) is 40.1 Å². The van der Waals surface area contributed by atoms with E-state index in [9.17, 15) is 9.59 Å². The Morgan fingerprint density at radius 3 is 2.39 bits per heavy atom. The van der Waals surface area contributed by atoms with E-state index in [0.29, 0.717) is 23.5 Å². The standard InChI is InChI=1S/C22H24N4O2/c1-14-10-15(2)23-20-11-16(8-9-19(14)20)22(28)25-18-7-5-6-17(12-18)24-21(27)13-26(3)4/h5-12H,13H2,1-4H3,(H,24,27)(H,25,28). The number of fused-ring (bicyclic) bond motifs is 1. The van der Waals surface area contributed by atoms with Crippen LogP contribution in [-0.4, -0.2) is 42.3 Å². The summed E-state index contributed by atoms with van der Waals surface area (Å²) in [5.41, 5.74) is 4.64. The topological polar surface area (TPSA) is 74.3 Å². The first-order valence-corrected chi connectivity index (χ1v) is 9.06. The fourth-order valence-electron chi connectivity index (χ4n) is 3.08. The van der Waals surface area contributed by atoms with Gasteiger partial charge in [0.25, 0.3) is 5.91 Å². The number of carbonyl (C=O) groups excluding carboxylic acids is 2. The Kier molecular flexibility index (Phi) is 5.70. The fraction of sp³-hybridized carbons (Fsp3) is 0.227. The van der Waals surface area contributed by atoms with Crippen molar-refractivity contribution in [3.8, 4) is 0 Å². The van der Waals surface area contributed by atoms with E-state index in [-0.39, 0.29) is 11.8 Å². The summed E-state index contributed by atoms with van der Waals surface area (Å²) in [6.45, 7) is 4.27. The highest BCUT2D eigenvalue weighted by Crippen LogP contribution is 2.21. The third-order valence-electron chi connectivity index (χ3n) is 4.27. The molecule has 6 heteroatoms.